The fourth-order valence-electron chi connectivity index (χ4n) is 2.84. The molecule has 0 aliphatic carbocycles. The maximum atomic E-state index is 11.4. The number of carbonyl (C=O) groups excluding carboxylic acids is 1. The molecule has 1 saturated heterocycles. The second kappa shape index (κ2) is 6.79. The molecule has 0 radical (unpaired) electrons. The van der Waals surface area contributed by atoms with Gasteiger partial charge in [0.05, 0.1) is 22.0 Å². The van der Waals surface area contributed by atoms with Gasteiger partial charge in [-0.05, 0) is 39.3 Å². The number of halogens is 1. The van der Waals surface area contributed by atoms with Crippen molar-refractivity contribution >= 4 is 40.1 Å². The van der Waals surface area contributed by atoms with Crippen molar-refractivity contribution in [3.05, 3.63) is 26.4 Å². The Morgan fingerprint density at radius 1 is 1.55 bits per heavy atom. The van der Waals surface area contributed by atoms with E-state index in [0.29, 0.717) is 12.5 Å². The van der Waals surface area contributed by atoms with Gasteiger partial charge < -0.3 is 0 Å². The molecule has 3 nitrogen and oxygen atoms in total. The Labute approximate surface area is 143 Å². The zero-order valence-corrected chi connectivity index (χ0v) is 15.2. The highest BCUT2D eigenvalue weighted by molar-refractivity contribution is 7.15. The van der Waals surface area contributed by atoms with E-state index in [1.807, 2.05) is 11.4 Å². The third-order valence-corrected chi connectivity index (χ3v) is 6.30. The van der Waals surface area contributed by atoms with Gasteiger partial charge in [0.2, 0.25) is 0 Å². The molecule has 1 aliphatic heterocycles. The largest absolute Gasteiger partial charge is 0.300 e. The first kappa shape index (κ1) is 16.1. The van der Waals surface area contributed by atoms with Gasteiger partial charge in [-0.1, -0.05) is 11.6 Å². The number of carbonyl (C=O) groups is 1. The number of Topliss-reactive ketones (excluding diaryl/α,β-unsaturated/α-hetero) is 1. The summed E-state index contributed by atoms with van der Waals surface area (Å²) in [5, 5.41) is 3.60. The second-order valence-electron chi connectivity index (χ2n) is 5.85. The quantitative estimate of drug-likeness (QED) is 0.784. The molecule has 22 heavy (non-hydrogen) atoms. The molecular formula is C16H19ClN2OS2. The van der Waals surface area contributed by atoms with E-state index in [2.05, 4.69) is 11.8 Å². The Hall–Kier alpha value is -0.750. The van der Waals surface area contributed by atoms with E-state index < -0.39 is 0 Å². The smallest absolute Gasteiger partial charge is 0.136 e. The number of aromatic nitrogens is 1. The van der Waals surface area contributed by atoms with Gasteiger partial charge in [-0.25, -0.2) is 4.98 Å². The van der Waals surface area contributed by atoms with Crippen LogP contribution >= 0.6 is 34.3 Å². The average Bonchev–Trinajstić information content (AvgIpc) is 3.12. The molecular weight excluding hydrogens is 336 g/mol. The van der Waals surface area contributed by atoms with Crippen LogP contribution < -0.4 is 0 Å². The Morgan fingerprint density at radius 2 is 2.36 bits per heavy atom. The van der Waals surface area contributed by atoms with E-state index >= 15 is 0 Å². The van der Waals surface area contributed by atoms with Gasteiger partial charge >= 0.3 is 0 Å². The van der Waals surface area contributed by atoms with Crippen LogP contribution in [0.3, 0.4) is 0 Å². The topological polar surface area (TPSA) is 33.2 Å². The van der Waals surface area contributed by atoms with Crippen molar-refractivity contribution < 1.29 is 4.79 Å². The lowest BCUT2D eigenvalue weighted by molar-refractivity contribution is -0.116. The van der Waals surface area contributed by atoms with E-state index in [1.165, 1.54) is 17.7 Å². The highest BCUT2D eigenvalue weighted by Crippen LogP contribution is 2.36. The molecule has 118 valence electrons. The number of likely N-dealkylation sites (tertiary alicyclic amines) is 1. The molecule has 6 heteroatoms. The van der Waals surface area contributed by atoms with Gasteiger partial charge in [-0.2, -0.15) is 0 Å². The number of hydrogen-bond donors (Lipinski definition) is 0. The Bertz CT molecular complexity index is 679. The summed E-state index contributed by atoms with van der Waals surface area (Å²) in [6.45, 7) is 5.96. The molecule has 3 heterocycles. The van der Waals surface area contributed by atoms with E-state index in [0.717, 1.165) is 33.7 Å². The predicted molar refractivity (Wildman–Crippen MR) is 93.9 cm³/mol. The molecule has 3 rings (SSSR count). The number of ketones is 1. The van der Waals surface area contributed by atoms with Crippen LogP contribution in [0.25, 0.3) is 10.6 Å². The molecule has 0 saturated carbocycles. The summed E-state index contributed by atoms with van der Waals surface area (Å²) in [5.74, 6) is 0.158. The van der Waals surface area contributed by atoms with Crippen LogP contribution in [-0.2, 0) is 17.8 Å². The van der Waals surface area contributed by atoms with Gasteiger partial charge in [0.25, 0.3) is 0 Å². The molecule has 1 fully saturated rings. The van der Waals surface area contributed by atoms with Crippen molar-refractivity contribution in [2.24, 2.45) is 0 Å². The monoisotopic (exact) mass is 354 g/mol. The molecule has 0 spiro atoms. The van der Waals surface area contributed by atoms with Crippen LogP contribution in [-0.4, -0.2) is 28.3 Å². The predicted octanol–water partition coefficient (Wildman–Crippen LogP) is 4.64. The van der Waals surface area contributed by atoms with Crippen molar-refractivity contribution in [2.75, 3.05) is 6.54 Å². The maximum Gasteiger partial charge on any atom is 0.136 e. The SMILES string of the molecule is CC(=O)Cc1nc(-c2cc(Cl)cs2)c(CN2CCC[C@H]2C)s1. The fraction of sp³-hybridized carbons (Fsp3) is 0.500. The van der Waals surface area contributed by atoms with Crippen molar-refractivity contribution in [1.29, 1.82) is 0 Å². The Morgan fingerprint density at radius 3 is 2.95 bits per heavy atom. The van der Waals surface area contributed by atoms with Crippen LogP contribution in [0.2, 0.25) is 5.02 Å². The first-order chi connectivity index (χ1) is 10.5. The lowest BCUT2D eigenvalue weighted by Crippen LogP contribution is -2.25. The lowest BCUT2D eigenvalue weighted by Gasteiger charge is -2.20. The van der Waals surface area contributed by atoms with Crippen LogP contribution in [0, 0.1) is 0 Å². The van der Waals surface area contributed by atoms with Gasteiger partial charge in [0.15, 0.2) is 0 Å². The molecule has 0 aromatic carbocycles. The van der Waals surface area contributed by atoms with Crippen LogP contribution in [0.5, 0.6) is 0 Å². The Kier molecular flexibility index (Phi) is 4.97. The maximum absolute atomic E-state index is 11.4. The van der Waals surface area contributed by atoms with Gasteiger partial charge in [-0.3, -0.25) is 9.69 Å². The van der Waals surface area contributed by atoms with Crippen LogP contribution in [0.15, 0.2) is 11.4 Å². The first-order valence-corrected chi connectivity index (χ1v) is 9.57. The molecule has 0 bridgehead atoms. The van der Waals surface area contributed by atoms with Gasteiger partial charge in [0.1, 0.15) is 10.8 Å². The number of hydrogen-bond acceptors (Lipinski definition) is 5. The van der Waals surface area contributed by atoms with Crippen molar-refractivity contribution in [1.82, 2.24) is 9.88 Å². The van der Waals surface area contributed by atoms with Crippen molar-refractivity contribution in [3.63, 3.8) is 0 Å². The molecule has 1 atom stereocenters. The lowest BCUT2D eigenvalue weighted by atomic mass is 10.2. The summed E-state index contributed by atoms with van der Waals surface area (Å²) >= 11 is 9.36. The summed E-state index contributed by atoms with van der Waals surface area (Å²) in [7, 11) is 0. The first-order valence-electron chi connectivity index (χ1n) is 7.49. The molecule has 0 N–H and O–H groups in total. The number of nitrogens with zero attached hydrogens (tertiary/aromatic N) is 2. The van der Waals surface area contributed by atoms with E-state index in [4.69, 9.17) is 16.6 Å². The summed E-state index contributed by atoms with van der Waals surface area (Å²) in [6, 6.07) is 2.59. The van der Waals surface area contributed by atoms with Crippen LogP contribution in [0.4, 0.5) is 0 Å². The normalized spacial score (nSPS) is 19.0. The fourth-order valence-corrected chi connectivity index (χ4v) is 5.17. The zero-order chi connectivity index (χ0) is 15.7. The summed E-state index contributed by atoms with van der Waals surface area (Å²) in [4.78, 5) is 21.0. The molecule has 2 aromatic heterocycles. The highest BCUT2D eigenvalue weighted by atomic mass is 35.5. The number of thiophene rings is 1. The van der Waals surface area contributed by atoms with Gasteiger partial charge in [0, 0.05) is 22.8 Å². The third-order valence-electron chi connectivity index (χ3n) is 3.98. The van der Waals surface area contributed by atoms with E-state index in [-0.39, 0.29) is 5.78 Å². The van der Waals surface area contributed by atoms with E-state index in [1.54, 1.807) is 29.6 Å². The zero-order valence-electron chi connectivity index (χ0n) is 12.8. The second-order valence-corrected chi connectivity index (χ2v) is 8.36. The summed E-state index contributed by atoms with van der Waals surface area (Å²) < 4.78 is 0. The third kappa shape index (κ3) is 3.59. The molecule has 1 aliphatic rings. The minimum Gasteiger partial charge on any atom is -0.300 e. The van der Waals surface area contributed by atoms with Crippen molar-refractivity contribution in [3.8, 4) is 10.6 Å². The molecule has 0 amide bonds. The summed E-state index contributed by atoms with van der Waals surface area (Å²) in [5.41, 5.74) is 1.01. The van der Waals surface area contributed by atoms with Crippen molar-refractivity contribution in [2.45, 2.75) is 45.7 Å². The Balaban J connectivity index is 1.91. The molecule has 0 unspecified atom stereocenters. The standard InChI is InChI=1S/C16H19ClN2OS2/c1-10-4-3-5-19(10)8-14-16(13-7-12(17)9-21-13)18-15(22-14)6-11(2)20/h7,9-10H,3-6,8H2,1-2H3/t10-/m1/s1. The minimum absolute atomic E-state index is 0.158. The highest BCUT2D eigenvalue weighted by Gasteiger charge is 2.24. The minimum atomic E-state index is 0.158. The molecule has 2 aromatic rings. The van der Waals surface area contributed by atoms with Gasteiger partial charge in [-0.15, -0.1) is 22.7 Å². The average molecular weight is 355 g/mol. The van der Waals surface area contributed by atoms with Crippen LogP contribution in [0.1, 0.15) is 36.6 Å². The number of rotatable bonds is 5. The summed E-state index contributed by atoms with van der Waals surface area (Å²) in [6.07, 6.45) is 2.95. The number of thiazole rings is 1. The van der Waals surface area contributed by atoms with E-state index in [9.17, 15) is 4.79 Å².